The molecule has 0 heterocycles. The summed E-state index contributed by atoms with van der Waals surface area (Å²) in [6.45, 7) is 0. The molecule has 28 heavy (non-hydrogen) atoms. The van der Waals surface area contributed by atoms with Crippen molar-refractivity contribution < 1.29 is 9.47 Å². The molecule has 2 aromatic carbocycles. The lowest BCUT2D eigenvalue weighted by atomic mass is 10.0. The van der Waals surface area contributed by atoms with E-state index in [9.17, 15) is 10.5 Å². The second-order valence-corrected chi connectivity index (χ2v) is 6.30. The van der Waals surface area contributed by atoms with Gasteiger partial charge in [0.05, 0.1) is 14.2 Å². The molecule has 0 aromatic heterocycles. The van der Waals surface area contributed by atoms with Gasteiger partial charge in [-0.3, -0.25) is 0 Å². The second kappa shape index (κ2) is 6.95. The number of methoxy groups -OCH3 is 2. The molecule has 0 N–H and O–H groups in total. The predicted molar refractivity (Wildman–Crippen MR) is 110 cm³/mol. The van der Waals surface area contributed by atoms with Gasteiger partial charge in [0.15, 0.2) is 0 Å². The van der Waals surface area contributed by atoms with Gasteiger partial charge in [0.25, 0.3) is 0 Å². The number of rotatable bonds is 3. The summed E-state index contributed by atoms with van der Waals surface area (Å²) in [4.78, 5) is 0. The molecule has 4 rings (SSSR count). The van der Waals surface area contributed by atoms with E-state index >= 15 is 0 Å². The van der Waals surface area contributed by atoms with E-state index in [1.165, 1.54) is 0 Å². The average molecular weight is 365 g/mol. The molecule has 2 aromatic rings. The highest BCUT2D eigenvalue weighted by molar-refractivity contribution is 6.22. The van der Waals surface area contributed by atoms with E-state index in [1.807, 2.05) is 66.7 Å². The van der Waals surface area contributed by atoms with Gasteiger partial charge in [-0.1, -0.05) is 54.6 Å². The van der Waals surface area contributed by atoms with Gasteiger partial charge in [-0.15, -0.1) is 0 Å². The summed E-state index contributed by atoms with van der Waals surface area (Å²) >= 11 is 0. The molecule has 0 saturated carbocycles. The molecule has 0 bridgehead atoms. The van der Waals surface area contributed by atoms with Crippen molar-refractivity contribution in [3.63, 3.8) is 0 Å². The third-order valence-electron chi connectivity index (χ3n) is 4.93. The van der Waals surface area contributed by atoms with Gasteiger partial charge in [0, 0.05) is 21.5 Å². The molecule has 0 radical (unpaired) electrons. The van der Waals surface area contributed by atoms with E-state index in [1.54, 1.807) is 20.3 Å². The van der Waals surface area contributed by atoms with Gasteiger partial charge in [-0.05, 0) is 22.8 Å². The lowest BCUT2D eigenvalue weighted by Crippen LogP contribution is -1.92. The molecule has 2 aliphatic carbocycles. The van der Waals surface area contributed by atoms with Crippen LogP contribution >= 0.6 is 0 Å². The quantitative estimate of drug-likeness (QED) is 0.353. The van der Waals surface area contributed by atoms with Crippen molar-refractivity contribution in [2.75, 3.05) is 14.2 Å². The zero-order valence-electron chi connectivity index (χ0n) is 15.5. The highest BCUT2D eigenvalue weighted by Gasteiger charge is 2.25. The van der Waals surface area contributed by atoms with Crippen molar-refractivity contribution in [1.82, 2.24) is 0 Å². The summed E-state index contributed by atoms with van der Waals surface area (Å²) in [6.07, 6.45) is 1.63. The van der Waals surface area contributed by atoms with Gasteiger partial charge in [-0.25, -0.2) is 0 Å². The molecule has 4 nitrogen and oxygen atoms in total. The van der Waals surface area contributed by atoms with Crippen LogP contribution in [-0.4, -0.2) is 14.2 Å². The largest absolute Gasteiger partial charge is 0.495 e. The van der Waals surface area contributed by atoms with Crippen LogP contribution in [0, 0.1) is 22.7 Å². The summed E-state index contributed by atoms with van der Waals surface area (Å²) in [5, 5.41) is 22.2. The van der Waals surface area contributed by atoms with Gasteiger partial charge >= 0.3 is 0 Å². The van der Waals surface area contributed by atoms with Crippen molar-refractivity contribution in [2.24, 2.45) is 0 Å². The molecule has 0 atom stereocenters. The standard InChI is InChI=1S/C24H16N2O2/c1-27-23-18-10-6-7-11-19(18)24(28-2)22-20(12-15(13-25)14-26)16-8-4-3-5-9-17(16)21(22)23/h3-12H,1-2H3/i12+1. The van der Waals surface area contributed by atoms with Crippen LogP contribution in [0.15, 0.2) is 60.2 Å². The Morgan fingerprint density at radius 3 is 1.86 bits per heavy atom. The number of fused-ring (bicyclic) bond motifs is 4. The number of hydrogen-bond donors (Lipinski definition) is 0. The molecule has 0 aliphatic heterocycles. The molecular weight excluding hydrogens is 349 g/mol. The van der Waals surface area contributed by atoms with Crippen LogP contribution in [0.2, 0.25) is 0 Å². The molecule has 134 valence electrons. The molecule has 0 saturated heterocycles. The first kappa shape index (κ1) is 17.4. The molecule has 0 amide bonds. The zero-order valence-corrected chi connectivity index (χ0v) is 15.5. The molecule has 2 aliphatic rings. The van der Waals surface area contributed by atoms with Gasteiger partial charge in [0.2, 0.25) is 0 Å². The Balaban J connectivity index is 2.36. The van der Waals surface area contributed by atoms with Crippen LogP contribution in [0.4, 0.5) is 0 Å². The van der Waals surface area contributed by atoms with Crippen molar-refractivity contribution in [1.29, 1.82) is 10.5 Å². The fourth-order valence-corrected chi connectivity index (χ4v) is 3.83. The van der Waals surface area contributed by atoms with Crippen LogP contribution in [0.25, 0.3) is 38.7 Å². The fraction of sp³-hybridized carbons (Fsp3) is 0.0833. The Hall–Kier alpha value is -4.02. The molecule has 0 spiro atoms. The van der Waals surface area contributed by atoms with Crippen molar-refractivity contribution >= 4 is 27.6 Å². The van der Waals surface area contributed by atoms with Crippen LogP contribution in [0.5, 0.6) is 11.5 Å². The smallest absolute Gasteiger partial charge is 0.135 e. The van der Waals surface area contributed by atoms with Crippen molar-refractivity contribution in [2.45, 2.75) is 0 Å². The summed E-state index contributed by atoms with van der Waals surface area (Å²) < 4.78 is 11.7. The van der Waals surface area contributed by atoms with Crippen molar-refractivity contribution in [3.05, 3.63) is 65.7 Å². The van der Waals surface area contributed by atoms with Gasteiger partial charge in [-0.2, -0.15) is 10.5 Å². The topological polar surface area (TPSA) is 66.0 Å². The molecular formula is C24H16N2O2. The molecule has 0 fully saturated rings. The second-order valence-electron chi connectivity index (χ2n) is 6.30. The first-order chi connectivity index (χ1) is 13.7. The number of ether oxygens (including phenoxy) is 2. The van der Waals surface area contributed by atoms with E-state index in [0.29, 0.717) is 5.75 Å². The number of benzene rings is 2. The highest BCUT2D eigenvalue weighted by Crippen LogP contribution is 2.52. The lowest BCUT2D eigenvalue weighted by Gasteiger charge is -2.13. The summed E-state index contributed by atoms with van der Waals surface area (Å²) in [5.74, 6) is 1.45. The van der Waals surface area contributed by atoms with Crippen LogP contribution in [-0.2, 0) is 0 Å². The minimum absolute atomic E-state index is 0.0366. The van der Waals surface area contributed by atoms with Crippen molar-refractivity contribution in [3.8, 4) is 34.8 Å². The van der Waals surface area contributed by atoms with E-state index in [0.717, 1.165) is 44.0 Å². The summed E-state index contributed by atoms with van der Waals surface area (Å²) in [5.41, 5.74) is 2.71. The van der Waals surface area contributed by atoms with Gasteiger partial charge in [0.1, 0.15) is 29.2 Å². The number of hydrogen-bond acceptors (Lipinski definition) is 4. The third-order valence-corrected chi connectivity index (χ3v) is 4.93. The average Bonchev–Trinajstić information content (AvgIpc) is 2.88. The lowest BCUT2D eigenvalue weighted by molar-refractivity contribution is 0.418. The Labute approximate surface area is 162 Å². The number of nitrogens with zero attached hydrogens (tertiary/aromatic N) is 2. The Morgan fingerprint density at radius 2 is 1.29 bits per heavy atom. The first-order valence-electron chi connectivity index (χ1n) is 8.74. The first-order valence-corrected chi connectivity index (χ1v) is 8.74. The minimum atomic E-state index is 0.0366. The summed E-state index contributed by atoms with van der Waals surface area (Å²) in [7, 11) is 3.29. The maximum absolute atomic E-state index is 9.32. The minimum Gasteiger partial charge on any atom is -0.495 e. The predicted octanol–water partition coefficient (Wildman–Crippen LogP) is 5.55. The van der Waals surface area contributed by atoms with E-state index in [-0.39, 0.29) is 5.57 Å². The third kappa shape index (κ3) is 2.44. The normalized spacial score (nSPS) is 10.4. The summed E-state index contributed by atoms with van der Waals surface area (Å²) in [6, 6.07) is 21.7. The monoisotopic (exact) mass is 365 g/mol. The van der Waals surface area contributed by atoms with Crippen LogP contribution in [0.3, 0.4) is 0 Å². The highest BCUT2D eigenvalue weighted by atomic mass is 16.5. The Kier molecular flexibility index (Phi) is 4.32. The number of nitriles is 2. The molecule has 0 unspecified atom stereocenters. The Bertz CT molecular complexity index is 1290. The van der Waals surface area contributed by atoms with E-state index in [2.05, 4.69) is 0 Å². The van der Waals surface area contributed by atoms with E-state index < -0.39 is 0 Å². The van der Waals surface area contributed by atoms with Crippen LogP contribution < -0.4 is 9.47 Å². The van der Waals surface area contributed by atoms with E-state index in [4.69, 9.17) is 9.47 Å². The van der Waals surface area contributed by atoms with Gasteiger partial charge < -0.3 is 9.47 Å². The molecule has 4 heteroatoms. The van der Waals surface area contributed by atoms with Crippen LogP contribution in [0.1, 0.15) is 5.56 Å². The SMILES string of the molecule is COc1c2ccccc2c(OC)c2c([13CH]=C(C#N)C#N)c3cccccc-3c12. The Morgan fingerprint density at radius 1 is 0.750 bits per heavy atom. The number of allylic oxidation sites excluding steroid dienone is 1. The maximum Gasteiger partial charge on any atom is 0.135 e. The zero-order chi connectivity index (χ0) is 19.7. The maximum atomic E-state index is 9.32. The fourth-order valence-electron chi connectivity index (χ4n) is 3.83.